The Hall–Kier alpha value is -2.03. The molecule has 0 fully saturated rings. The number of H-pyrrole nitrogens is 1. The molecule has 0 radical (unpaired) electrons. The van der Waals surface area contributed by atoms with E-state index in [0.29, 0.717) is 22.9 Å². The maximum Gasteiger partial charge on any atom is 0.329 e. The SMILES string of the molecule is CCOC(=O)[C@@H](C)Sc1nc2c(c(=O)[nH]c(=O)n2C)n1C(C)C. The second-order valence-electron chi connectivity index (χ2n) is 5.36. The summed E-state index contributed by atoms with van der Waals surface area (Å²) in [7, 11) is 1.54. The van der Waals surface area contributed by atoms with Gasteiger partial charge < -0.3 is 9.30 Å². The van der Waals surface area contributed by atoms with Crippen molar-refractivity contribution in [3.63, 3.8) is 0 Å². The van der Waals surface area contributed by atoms with Gasteiger partial charge >= 0.3 is 11.7 Å². The van der Waals surface area contributed by atoms with Gasteiger partial charge in [0.05, 0.1) is 6.61 Å². The molecule has 0 amide bonds. The summed E-state index contributed by atoms with van der Waals surface area (Å²) in [6.07, 6.45) is 0. The third-order valence-electron chi connectivity index (χ3n) is 3.34. The number of aromatic amines is 1. The Balaban J connectivity index is 2.60. The van der Waals surface area contributed by atoms with Gasteiger partial charge in [-0.05, 0) is 27.7 Å². The van der Waals surface area contributed by atoms with E-state index in [1.807, 2.05) is 13.8 Å². The van der Waals surface area contributed by atoms with Crippen molar-refractivity contribution in [2.75, 3.05) is 6.61 Å². The van der Waals surface area contributed by atoms with Crippen molar-refractivity contribution in [2.24, 2.45) is 7.05 Å². The van der Waals surface area contributed by atoms with E-state index < -0.39 is 16.5 Å². The van der Waals surface area contributed by atoms with Gasteiger partial charge in [0.2, 0.25) is 0 Å². The number of ether oxygens (including phenoxy) is 1. The van der Waals surface area contributed by atoms with Gasteiger partial charge in [0.15, 0.2) is 16.3 Å². The van der Waals surface area contributed by atoms with Crippen molar-refractivity contribution >= 4 is 28.9 Å². The van der Waals surface area contributed by atoms with Crippen molar-refractivity contribution in [3.8, 4) is 0 Å². The molecule has 9 heteroatoms. The summed E-state index contributed by atoms with van der Waals surface area (Å²) >= 11 is 1.20. The Bertz CT molecular complexity index is 849. The van der Waals surface area contributed by atoms with E-state index in [-0.39, 0.29) is 12.0 Å². The predicted octanol–water partition coefficient (Wildman–Crippen LogP) is 1.05. The zero-order valence-electron chi connectivity index (χ0n) is 13.7. The van der Waals surface area contributed by atoms with Crippen LogP contribution in [0.3, 0.4) is 0 Å². The van der Waals surface area contributed by atoms with Crippen LogP contribution in [0.5, 0.6) is 0 Å². The molecule has 0 bridgehead atoms. The van der Waals surface area contributed by atoms with E-state index in [2.05, 4.69) is 9.97 Å². The first-order chi connectivity index (χ1) is 10.8. The van der Waals surface area contributed by atoms with Crippen LogP contribution in [0.15, 0.2) is 14.7 Å². The standard InChI is InChI=1S/C14H20N4O4S/c1-6-22-12(20)8(4)23-14-15-10-9(18(14)7(2)3)11(19)16-13(21)17(10)5/h7-8H,6H2,1-5H3,(H,16,19,21)/t8-/m1/s1. The maximum absolute atomic E-state index is 12.2. The molecule has 0 aliphatic carbocycles. The van der Waals surface area contributed by atoms with Crippen molar-refractivity contribution in [2.45, 2.75) is 44.1 Å². The van der Waals surface area contributed by atoms with E-state index in [9.17, 15) is 14.4 Å². The number of esters is 1. The highest BCUT2D eigenvalue weighted by Crippen LogP contribution is 2.28. The lowest BCUT2D eigenvalue weighted by Gasteiger charge is -2.14. The lowest BCUT2D eigenvalue weighted by atomic mass is 10.4. The van der Waals surface area contributed by atoms with Crippen molar-refractivity contribution in [1.29, 1.82) is 0 Å². The molecular weight excluding hydrogens is 320 g/mol. The summed E-state index contributed by atoms with van der Waals surface area (Å²) < 4.78 is 8.01. The molecule has 0 saturated carbocycles. The van der Waals surface area contributed by atoms with Gasteiger partial charge in [-0.15, -0.1) is 0 Å². The molecule has 0 aliphatic rings. The molecule has 2 aromatic heterocycles. The molecule has 0 saturated heterocycles. The maximum atomic E-state index is 12.2. The van der Waals surface area contributed by atoms with E-state index in [0.717, 1.165) is 0 Å². The number of carbonyl (C=O) groups excluding carboxylic acids is 1. The highest BCUT2D eigenvalue weighted by atomic mass is 32.2. The number of rotatable bonds is 5. The van der Waals surface area contributed by atoms with Crippen LogP contribution >= 0.6 is 11.8 Å². The van der Waals surface area contributed by atoms with E-state index >= 15 is 0 Å². The number of thioether (sulfide) groups is 1. The summed E-state index contributed by atoms with van der Waals surface area (Å²) in [5, 5.41) is 0.0302. The average molecular weight is 340 g/mol. The van der Waals surface area contributed by atoms with E-state index in [1.165, 1.54) is 16.3 Å². The second kappa shape index (κ2) is 6.61. The molecule has 126 valence electrons. The highest BCUT2D eigenvalue weighted by Gasteiger charge is 2.24. The third kappa shape index (κ3) is 3.19. The minimum atomic E-state index is -0.522. The van der Waals surface area contributed by atoms with Crippen molar-refractivity contribution in [1.82, 2.24) is 19.1 Å². The molecule has 0 aromatic carbocycles. The molecule has 2 aromatic rings. The fraction of sp³-hybridized carbons (Fsp3) is 0.571. The topological polar surface area (TPSA) is 99.0 Å². The first-order valence-electron chi connectivity index (χ1n) is 7.32. The molecule has 2 heterocycles. The molecule has 0 unspecified atom stereocenters. The lowest BCUT2D eigenvalue weighted by molar-refractivity contribution is -0.142. The lowest BCUT2D eigenvalue weighted by Crippen LogP contribution is -2.29. The smallest absolute Gasteiger partial charge is 0.329 e. The number of carbonyl (C=O) groups is 1. The van der Waals surface area contributed by atoms with Crippen LogP contribution in [-0.4, -0.2) is 36.9 Å². The number of aryl methyl sites for hydroxylation is 1. The summed E-state index contributed by atoms with van der Waals surface area (Å²) in [6, 6.07) is -0.0597. The van der Waals surface area contributed by atoms with Gasteiger partial charge in [0, 0.05) is 13.1 Å². The van der Waals surface area contributed by atoms with Crippen LogP contribution in [0.2, 0.25) is 0 Å². The van der Waals surface area contributed by atoms with Gasteiger partial charge in [-0.2, -0.15) is 0 Å². The molecule has 0 spiro atoms. The number of aromatic nitrogens is 4. The minimum absolute atomic E-state index is 0.0597. The quantitative estimate of drug-likeness (QED) is 0.645. The number of nitrogens with zero attached hydrogens (tertiary/aromatic N) is 3. The summed E-state index contributed by atoms with van der Waals surface area (Å²) in [4.78, 5) is 42.4. The fourth-order valence-corrected chi connectivity index (χ4v) is 3.25. The number of nitrogens with one attached hydrogen (secondary N) is 1. The Kier molecular flexibility index (Phi) is 4.98. The fourth-order valence-electron chi connectivity index (χ4n) is 2.21. The van der Waals surface area contributed by atoms with Gasteiger partial charge in [-0.3, -0.25) is 19.1 Å². The first kappa shape index (κ1) is 17.3. The number of fused-ring (bicyclic) bond motifs is 1. The summed E-state index contributed by atoms with van der Waals surface area (Å²) in [5.41, 5.74) is -0.391. The van der Waals surface area contributed by atoms with Crippen LogP contribution < -0.4 is 11.2 Å². The van der Waals surface area contributed by atoms with Gasteiger partial charge in [-0.25, -0.2) is 9.78 Å². The minimum Gasteiger partial charge on any atom is -0.465 e. The number of hydrogen-bond acceptors (Lipinski definition) is 6. The Morgan fingerprint density at radius 2 is 2.00 bits per heavy atom. The zero-order valence-corrected chi connectivity index (χ0v) is 14.6. The molecule has 1 atom stereocenters. The van der Waals surface area contributed by atoms with E-state index in [1.54, 1.807) is 25.5 Å². The van der Waals surface area contributed by atoms with Gasteiger partial charge in [0.25, 0.3) is 5.56 Å². The van der Waals surface area contributed by atoms with Crippen molar-refractivity contribution < 1.29 is 9.53 Å². The Morgan fingerprint density at radius 3 is 2.57 bits per heavy atom. The normalized spacial score (nSPS) is 12.8. The van der Waals surface area contributed by atoms with Crippen LogP contribution in [0.1, 0.15) is 33.7 Å². The largest absolute Gasteiger partial charge is 0.465 e. The highest BCUT2D eigenvalue weighted by molar-refractivity contribution is 8.00. The molecular formula is C14H20N4O4S. The Labute approximate surface area is 136 Å². The van der Waals surface area contributed by atoms with Crippen molar-refractivity contribution in [3.05, 3.63) is 20.8 Å². The molecule has 0 aliphatic heterocycles. The number of imidazole rings is 1. The van der Waals surface area contributed by atoms with Gasteiger partial charge in [-0.1, -0.05) is 11.8 Å². The third-order valence-corrected chi connectivity index (χ3v) is 4.38. The molecule has 23 heavy (non-hydrogen) atoms. The molecule has 2 rings (SSSR count). The van der Waals surface area contributed by atoms with Crippen LogP contribution in [0, 0.1) is 0 Å². The van der Waals surface area contributed by atoms with Crippen LogP contribution in [0.25, 0.3) is 11.2 Å². The zero-order chi connectivity index (χ0) is 17.3. The monoisotopic (exact) mass is 340 g/mol. The molecule has 1 N–H and O–H groups in total. The van der Waals surface area contributed by atoms with E-state index in [4.69, 9.17) is 4.74 Å². The second-order valence-corrected chi connectivity index (χ2v) is 6.67. The van der Waals surface area contributed by atoms with Gasteiger partial charge in [0.1, 0.15) is 5.25 Å². The van der Waals surface area contributed by atoms with Crippen LogP contribution in [-0.2, 0) is 16.6 Å². The first-order valence-corrected chi connectivity index (χ1v) is 8.20. The predicted molar refractivity (Wildman–Crippen MR) is 87.9 cm³/mol. The average Bonchev–Trinajstić information content (AvgIpc) is 2.85. The van der Waals surface area contributed by atoms with Crippen LogP contribution in [0.4, 0.5) is 0 Å². The Morgan fingerprint density at radius 1 is 1.35 bits per heavy atom. The summed E-state index contributed by atoms with van der Waals surface area (Å²) in [5.74, 6) is -0.345. The number of hydrogen-bond donors (Lipinski definition) is 1. The molecule has 8 nitrogen and oxygen atoms in total. The summed E-state index contributed by atoms with van der Waals surface area (Å²) in [6.45, 7) is 7.58.